The number of nitrogens with zero attached hydrogens (tertiary/aromatic N) is 3. The first-order valence-electron chi connectivity index (χ1n) is 10.6. The minimum atomic E-state index is 0.112. The molecule has 150 valence electrons. The number of hydrogen-bond acceptors (Lipinski definition) is 2. The van der Waals surface area contributed by atoms with Crippen molar-refractivity contribution in [1.29, 1.82) is 10.5 Å². The maximum atomic E-state index is 9.57. The second-order valence-corrected chi connectivity index (χ2v) is 7.51. The highest BCUT2D eigenvalue weighted by Crippen LogP contribution is 2.33. The molecule has 3 aromatic carbocycles. The van der Waals surface area contributed by atoms with E-state index in [0.717, 1.165) is 35.9 Å². The summed E-state index contributed by atoms with van der Waals surface area (Å²) in [5.41, 5.74) is 5.04. The van der Waals surface area contributed by atoms with Crippen molar-refractivity contribution in [1.82, 2.24) is 4.57 Å². The molecule has 1 aromatic heterocycles. The van der Waals surface area contributed by atoms with Gasteiger partial charge < -0.3 is 4.57 Å². The standard InChI is InChI=1S/C28H23N3/c1-2-3-17-31-27-12-8-7-11-25(27)26-18-22(14-16-28(26)31)24(23(19-29)20-30)15-13-21-9-5-4-6-10-21/h4-16,18H,2-3,17H2,1H3/b15-13+. The van der Waals surface area contributed by atoms with Crippen LogP contribution in [0.5, 0.6) is 0 Å². The van der Waals surface area contributed by atoms with Crippen molar-refractivity contribution < 1.29 is 0 Å². The number of benzene rings is 3. The zero-order chi connectivity index (χ0) is 21.6. The largest absolute Gasteiger partial charge is 0.340 e. The van der Waals surface area contributed by atoms with Gasteiger partial charge >= 0.3 is 0 Å². The number of para-hydroxylation sites is 1. The van der Waals surface area contributed by atoms with Crippen LogP contribution in [-0.2, 0) is 6.54 Å². The first-order chi connectivity index (χ1) is 15.3. The molecule has 0 bridgehead atoms. The molecule has 3 nitrogen and oxygen atoms in total. The minimum absolute atomic E-state index is 0.112. The monoisotopic (exact) mass is 401 g/mol. The zero-order valence-corrected chi connectivity index (χ0v) is 17.5. The molecule has 4 aromatic rings. The average molecular weight is 402 g/mol. The van der Waals surface area contributed by atoms with E-state index < -0.39 is 0 Å². The molecule has 4 rings (SSSR count). The Hall–Kier alpha value is -4.08. The van der Waals surface area contributed by atoms with E-state index in [-0.39, 0.29) is 5.57 Å². The van der Waals surface area contributed by atoms with E-state index in [1.807, 2.05) is 48.6 Å². The lowest BCUT2D eigenvalue weighted by Gasteiger charge is -2.08. The smallest absolute Gasteiger partial charge is 0.137 e. The van der Waals surface area contributed by atoms with Crippen molar-refractivity contribution >= 4 is 33.5 Å². The quantitative estimate of drug-likeness (QED) is 0.255. The topological polar surface area (TPSA) is 52.5 Å². The predicted octanol–water partition coefficient (Wildman–Crippen LogP) is 7.11. The van der Waals surface area contributed by atoms with Crippen LogP contribution in [0.2, 0.25) is 0 Å². The van der Waals surface area contributed by atoms with E-state index in [1.165, 1.54) is 16.4 Å². The number of rotatable bonds is 6. The number of fused-ring (bicyclic) bond motifs is 3. The second-order valence-electron chi connectivity index (χ2n) is 7.51. The fourth-order valence-electron chi connectivity index (χ4n) is 3.99. The van der Waals surface area contributed by atoms with Gasteiger partial charge in [-0.05, 0) is 35.7 Å². The molecule has 0 amide bonds. The van der Waals surface area contributed by atoms with Gasteiger partial charge in [0.05, 0.1) is 0 Å². The summed E-state index contributed by atoms with van der Waals surface area (Å²) in [6.45, 7) is 3.17. The van der Waals surface area contributed by atoms with Crippen LogP contribution in [0.1, 0.15) is 30.9 Å². The van der Waals surface area contributed by atoms with Crippen molar-refractivity contribution in [3.63, 3.8) is 0 Å². The molecule has 0 aliphatic heterocycles. The molecule has 0 fully saturated rings. The summed E-state index contributed by atoms with van der Waals surface area (Å²) in [5, 5.41) is 21.5. The Kier molecular flexibility index (Phi) is 5.97. The van der Waals surface area contributed by atoms with E-state index in [4.69, 9.17) is 0 Å². The molecular formula is C28H23N3. The number of aryl methyl sites for hydroxylation is 1. The van der Waals surface area contributed by atoms with Crippen LogP contribution in [0.15, 0.2) is 84.4 Å². The van der Waals surface area contributed by atoms with Crippen LogP contribution in [0.3, 0.4) is 0 Å². The molecule has 0 saturated carbocycles. The van der Waals surface area contributed by atoms with Crippen molar-refractivity contribution in [2.45, 2.75) is 26.3 Å². The minimum Gasteiger partial charge on any atom is -0.340 e. The van der Waals surface area contributed by atoms with Crippen molar-refractivity contribution in [3.05, 3.63) is 95.6 Å². The zero-order valence-electron chi connectivity index (χ0n) is 17.5. The van der Waals surface area contributed by atoms with Gasteiger partial charge in [-0.15, -0.1) is 0 Å². The molecular weight excluding hydrogens is 378 g/mol. The third-order valence-electron chi connectivity index (χ3n) is 5.55. The van der Waals surface area contributed by atoms with Crippen LogP contribution in [0, 0.1) is 22.7 Å². The van der Waals surface area contributed by atoms with Crippen LogP contribution >= 0.6 is 0 Å². The van der Waals surface area contributed by atoms with E-state index in [0.29, 0.717) is 5.57 Å². The highest BCUT2D eigenvalue weighted by molar-refractivity contribution is 6.09. The fraction of sp³-hybridized carbons (Fsp3) is 0.143. The Bertz CT molecular complexity index is 1360. The van der Waals surface area contributed by atoms with Crippen LogP contribution in [0.4, 0.5) is 0 Å². The molecule has 31 heavy (non-hydrogen) atoms. The Labute approximate surface area is 182 Å². The van der Waals surface area contributed by atoms with Gasteiger partial charge in [0.1, 0.15) is 17.7 Å². The van der Waals surface area contributed by atoms with Crippen molar-refractivity contribution in [2.24, 2.45) is 0 Å². The maximum Gasteiger partial charge on any atom is 0.137 e. The highest BCUT2D eigenvalue weighted by atomic mass is 15.0. The molecule has 0 radical (unpaired) electrons. The number of nitriles is 2. The van der Waals surface area contributed by atoms with Crippen molar-refractivity contribution in [2.75, 3.05) is 0 Å². The third kappa shape index (κ3) is 4.00. The molecule has 0 atom stereocenters. The second kappa shape index (κ2) is 9.16. The lowest BCUT2D eigenvalue weighted by molar-refractivity contribution is 0.665. The summed E-state index contributed by atoms with van der Waals surface area (Å²) in [5.74, 6) is 0. The van der Waals surface area contributed by atoms with Gasteiger partial charge in [-0.3, -0.25) is 0 Å². The van der Waals surface area contributed by atoms with Gasteiger partial charge in [0.25, 0.3) is 0 Å². The maximum absolute atomic E-state index is 9.57. The summed E-state index contributed by atoms with van der Waals surface area (Å²) in [7, 11) is 0. The Morgan fingerprint density at radius 3 is 2.32 bits per heavy atom. The predicted molar refractivity (Wildman–Crippen MR) is 128 cm³/mol. The van der Waals surface area contributed by atoms with E-state index in [2.05, 4.69) is 60.0 Å². The average Bonchev–Trinajstić information content (AvgIpc) is 3.14. The van der Waals surface area contributed by atoms with Gasteiger partial charge in [0.2, 0.25) is 0 Å². The van der Waals surface area contributed by atoms with Gasteiger partial charge in [-0.25, -0.2) is 0 Å². The molecule has 0 aliphatic carbocycles. The molecule has 1 heterocycles. The normalized spacial score (nSPS) is 10.9. The Morgan fingerprint density at radius 1 is 0.871 bits per heavy atom. The summed E-state index contributed by atoms with van der Waals surface area (Å²) in [6, 6.07) is 28.7. The fourth-order valence-corrected chi connectivity index (χ4v) is 3.99. The Balaban J connectivity index is 1.90. The first-order valence-corrected chi connectivity index (χ1v) is 10.6. The third-order valence-corrected chi connectivity index (χ3v) is 5.55. The lowest BCUT2D eigenvalue weighted by atomic mass is 9.97. The van der Waals surface area contributed by atoms with Crippen LogP contribution < -0.4 is 0 Å². The molecule has 0 spiro atoms. The van der Waals surface area contributed by atoms with E-state index in [9.17, 15) is 10.5 Å². The summed E-state index contributed by atoms with van der Waals surface area (Å²) in [6.07, 6.45) is 6.07. The molecule has 0 N–H and O–H groups in total. The SMILES string of the molecule is CCCCn1c2ccccc2c2cc(C(/C=C/c3ccccc3)=C(C#N)C#N)ccc21. The number of allylic oxidation sites excluding steroid dienone is 3. The van der Waals surface area contributed by atoms with Gasteiger partial charge in [0.15, 0.2) is 0 Å². The Morgan fingerprint density at radius 2 is 1.58 bits per heavy atom. The van der Waals surface area contributed by atoms with Crippen molar-refractivity contribution in [3.8, 4) is 12.1 Å². The lowest BCUT2D eigenvalue weighted by Crippen LogP contribution is -1.97. The number of hydrogen-bond donors (Lipinski definition) is 0. The van der Waals surface area contributed by atoms with Crippen LogP contribution in [0.25, 0.3) is 33.5 Å². The number of aromatic nitrogens is 1. The van der Waals surface area contributed by atoms with Gasteiger partial charge in [-0.1, -0.05) is 80.1 Å². The van der Waals surface area contributed by atoms with Gasteiger partial charge in [0, 0.05) is 33.9 Å². The first kappa shape index (κ1) is 20.2. The molecule has 3 heteroatoms. The molecule has 0 saturated heterocycles. The van der Waals surface area contributed by atoms with E-state index >= 15 is 0 Å². The highest BCUT2D eigenvalue weighted by Gasteiger charge is 2.13. The summed E-state index contributed by atoms with van der Waals surface area (Å²) in [4.78, 5) is 0. The molecule has 0 unspecified atom stereocenters. The summed E-state index contributed by atoms with van der Waals surface area (Å²) < 4.78 is 2.37. The van der Waals surface area contributed by atoms with E-state index in [1.54, 1.807) is 0 Å². The molecule has 0 aliphatic rings. The van der Waals surface area contributed by atoms with Crippen LogP contribution in [-0.4, -0.2) is 4.57 Å². The number of unbranched alkanes of at least 4 members (excludes halogenated alkanes) is 1. The van der Waals surface area contributed by atoms with Gasteiger partial charge in [-0.2, -0.15) is 10.5 Å². The summed E-state index contributed by atoms with van der Waals surface area (Å²) >= 11 is 0.